The molecule has 0 saturated carbocycles. The summed E-state index contributed by atoms with van der Waals surface area (Å²) < 4.78 is 26.3. The molecule has 0 spiro atoms. The van der Waals surface area contributed by atoms with Crippen LogP contribution in [0.2, 0.25) is 10.0 Å². The summed E-state index contributed by atoms with van der Waals surface area (Å²) in [6, 6.07) is 10.9. The van der Waals surface area contributed by atoms with E-state index in [0.29, 0.717) is 26.9 Å². The van der Waals surface area contributed by atoms with Gasteiger partial charge in [-0.3, -0.25) is 13.9 Å². The van der Waals surface area contributed by atoms with Crippen molar-refractivity contribution in [3.8, 4) is 0 Å². The minimum absolute atomic E-state index is 0.0737. The van der Waals surface area contributed by atoms with Gasteiger partial charge in [-0.25, -0.2) is 8.42 Å². The summed E-state index contributed by atoms with van der Waals surface area (Å²) in [6.07, 6.45) is 1.03. The fraction of sp³-hybridized carbons (Fsp3) is 0.417. The van der Waals surface area contributed by atoms with Gasteiger partial charge in [0, 0.05) is 22.1 Å². The number of anilines is 1. The van der Waals surface area contributed by atoms with Crippen molar-refractivity contribution in [1.29, 1.82) is 0 Å². The first-order valence-electron chi connectivity index (χ1n) is 10.7. The molecule has 0 bridgehead atoms. The van der Waals surface area contributed by atoms with Crippen molar-refractivity contribution in [2.45, 2.75) is 52.7 Å². The molecule has 34 heavy (non-hydrogen) atoms. The average molecular weight is 529 g/mol. The molecule has 2 aromatic carbocycles. The number of halogens is 2. The molecule has 0 aliphatic rings. The van der Waals surface area contributed by atoms with E-state index in [1.165, 1.54) is 11.0 Å². The van der Waals surface area contributed by atoms with E-state index in [4.69, 9.17) is 23.2 Å². The van der Waals surface area contributed by atoms with E-state index in [2.05, 4.69) is 5.32 Å². The highest BCUT2D eigenvalue weighted by atomic mass is 35.5. The summed E-state index contributed by atoms with van der Waals surface area (Å²) in [5.41, 5.74) is 1.15. The number of aryl methyl sites for hydroxylation is 1. The number of benzene rings is 2. The maximum absolute atomic E-state index is 13.5. The van der Waals surface area contributed by atoms with Crippen LogP contribution < -0.4 is 9.62 Å². The lowest BCUT2D eigenvalue weighted by Crippen LogP contribution is -2.54. The second kappa shape index (κ2) is 11.0. The van der Waals surface area contributed by atoms with Gasteiger partial charge in [-0.2, -0.15) is 0 Å². The zero-order valence-corrected chi connectivity index (χ0v) is 22.6. The van der Waals surface area contributed by atoms with E-state index in [1.807, 2.05) is 20.8 Å². The Morgan fingerprint density at radius 3 is 2.24 bits per heavy atom. The van der Waals surface area contributed by atoms with Crippen LogP contribution in [0, 0.1) is 6.92 Å². The largest absolute Gasteiger partial charge is 0.350 e. The highest BCUT2D eigenvalue weighted by Crippen LogP contribution is 2.27. The zero-order valence-electron chi connectivity index (χ0n) is 20.2. The molecule has 0 aromatic heterocycles. The Labute approximate surface area is 212 Å². The summed E-state index contributed by atoms with van der Waals surface area (Å²) in [6.45, 7) is 8.45. The molecule has 2 aromatic rings. The molecule has 0 heterocycles. The van der Waals surface area contributed by atoms with Gasteiger partial charge in [0.2, 0.25) is 21.8 Å². The fourth-order valence-electron chi connectivity index (χ4n) is 3.33. The molecule has 1 N–H and O–H groups in total. The third kappa shape index (κ3) is 7.89. The standard InChI is InChI=1S/C24H31Cl2N3O4S/c1-16-10-11-20(26)13-21(16)29(34(6,32)33)15-22(30)28(14-18-8-7-9-19(25)12-18)17(2)23(31)27-24(3,4)5/h7-13,17H,14-15H2,1-6H3,(H,27,31)/t17-/m1/s1. The van der Waals surface area contributed by atoms with E-state index in [0.717, 1.165) is 10.6 Å². The Morgan fingerprint density at radius 2 is 1.68 bits per heavy atom. The van der Waals surface area contributed by atoms with Gasteiger partial charge in [-0.15, -0.1) is 0 Å². The number of amides is 2. The first-order valence-corrected chi connectivity index (χ1v) is 13.3. The Balaban J connectivity index is 2.45. The molecular weight excluding hydrogens is 497 g/mol. The molecule has 0 saturated heterocycles. The highest BCUT2D eigenvalue weighted by molar-refractivity contribution is 7.92. The van der Waals surface area contributed by atoms with Crippen LogP contribution in [0.3, 0.4) is 0 Å². The van der Waals surface area contributed by atoms with Crippen molar-refractivity contribution in [2.75, 3.05) is 17.1 Å². The Hall–Kier alpha value is -2.29. The predicted molar refractivity (Wildman–Crippen MR) is 138 cm³/mol. The Kier molecular flexibility index (Phi) is 9.02. The van der Waals surface area contributed by atoms with E-state index in [-0.39, 0.29) is 12.5 Å². The second-order valence-corrected chi connectivity index (χ2v) is 12.0. The first kappa shape index (κ1) is 28.0. The van der Waals surface area contributed by atoms with Gasteiger partial charge < -0.3 is 10.2 Å². The molecule has 1 atom stereocenters. The van der Waals surface area contributed by atoms with Crippen molar-refractivity contribution in [1.82, 2.24) is 10.2 Å². The van der Waals surface area contributed by atoms with Crippen molar-refractivity contribution >= 4 is 50.7 Å². The SMILES string of the molecule is Cc1ccc(Cl)cc1N(CC(=O)N(Cc1cccc(Cl)c1)[C@H](C)C(=O)NC(C)(C)C)S(C)(=O)=O. The van der Waals surface area contributed by atoms with Gasteiger partial charge in [-0.1, -0.05) is 41.4 Å². The number of hydrogen-bond donors (Lipinski definition) is 1. The third-order valence-corrected chi connectivity index (χ3v) is 6.62. The number of hydrogen-bond acceptors (Lipinski definition) is 4. The summed E-state index contributed by atoms with van der Waals surface area (Å²) >= 11 is 12.2. The lowest BCUT2D eigenvalue weighted by Gasteiger charge is -2.33. The number of nitrogens with zero attached hydrogens (tertiary/aromatic N) is 2. The highest BCUT2D eigenvalue weighted by Gasteiger charge is 2.31. The third-order valence-electron chi connectivity index (χ3n) is 5.03. The molecule has 10 heteroatoms. The zero-order chi connectivity index (χ0) is 25.8. The number of nitrogens with one attached hydrogen (secondary N) is 1. The van der Waals surface area contributed by atoms with Crippen LogP contribution in [0.4, 0.5) is 5.69 Å². The van der Waals surface area contributed by atoms with Gasteiger partial charge in [0.1, 0.15) is 12.6 Å². The van der Waals surface area contributed by atoms with Crippen LogP contribution in [0.15, 0.2) is 42.5 Å². The minimum atomic E-state index is -3.83. The molecule has 186 valence electrons. The smallest absolute Gasteiger partial charge is 0.244 e. The topological polar surface area (TPSA) is 86.8 Å². The second-order valence-electron chi connectivity index (χ2n) is 9.27. The van der Waals surface area contributed by atoms with Crippen LogP contribution in [0.1, 0.15) is 38.8 Å². The number of carbonyl (C=O) groups is 2. The van der Waals surface area contributed by atoms with Crippen LogP contribution in [0.25, 0.3) is 0 Å². The summed E-state index contributed by atoms with van der Waals surface area (Å²) in [5, 5.41) is 3.71. The summed E-state index contributed by atoms with van der Waals surface area (Å²) in [4.78, 5) is 27.8. The van der Waals surface area contributed by atoms with Crippen LogP contribution in [0.5, 0.6) is 0 Å². The van der Waals surface area contributed by atoms with Gasteiger partial charge in [0.15, 0.2) is 0 Å². The maximum atomic E-state index is 13.5. The minimum Gasteiger partial charge on any atom is -0.350 e. The monoisotopic (exact) mass is 527 g/mol. The molecule has 2 rings (SSSR count). The Morgan fingerprint density at radius 1 is 1.06 bits per heavy atom. The van der Waals surface area contributed by atoms with E-state index >= 15 is 0 Å². The van der Waals surface area contributed by atoms with Crippen molar-refractivity contribution < 1.29 is 18.0 Å². The predicted octanol–water partition coefficient (Wildman–Crippen LogP) is 4.40. The van der Waals surface area contributed by atoms with Crippen molar-refractivity contribution in [3.63, 3.8) is 0 Å². The number of rotatable bonds is 8. The normalized spacial score (nSPS) is 12.7. The van der Waals surface area contributed by atoms with Gasteiger partial charge in [-0.05, 0) is 70.0 Å². The molecule has 7 nitrogen and oxygen atoms in total. The van der Waals surface area contributed by atoms with Crippen LogP contribution >= 0.6 is 23.2 Å². The van der Waals surface area contributed by atoms with E-state index in [1.54, 1.807) is 50.2 Å². The first-order chi connectivity index (χ1) is 15.6. The molecule has 0 radical (unpaired) electrons. The van der Waals surface area contributed by atoms with E-state index < -0.39 is 34.1 Å². The lowest BCUT2D eigenvalue weighted by molar-refractivity contribution is -0.140. The number of carbonyl (C=O) groups excluding carboxylic acids is 2. The summed E-state index contributed by atoms with van der Waals surface area (Å²) in [5.74, 6) is -0.894. The van der Waals surface area contributed by atoms with Gasteiger partial charge in [0.25, 0.3) is 0 Å². The van der Waals surface area contributed by atoms with Crippen molar-refractivity contribution in [3.05, 3.63) is 63.6 Å². The van der Waals surface area contributed by atoms with Gasteiger partial charge in [0.05, 0.1) is 11.9 Å². The van der Waals surface area contributed by atoms with Crippen LogP contribution in [-0.4, -0.2) is 49.5 Å². The molecule has 0 aliphatic carbocycles. The van der Waals surface area contributed by atoms with Crippen LogP contribution in [-0.2, 0) is 26.2 Å². The maximum Gasteiger partial charge on any atom is 0.244 e. The van der Waals surface area contributed by atoms with Crippen molar-refractivity contribution in [2.24, 2.45) is 0 Å². The quantitative estimate of drug-likeness (QED) is 0.551. The molecule has 0 unspecified atom stereocenters. The lowest BCUT2D eigenvalue weighted by atomic mass is 10.1. The average Bonchev–Trinajstić information content (AvgIpc) is 2.69. The Bertz CT molecular complexity index is 1160. The fourth-order valence-corrected chi connectivity index (χ4v) is 4.61. The van der Waals surface area contributed by atoms with Gasteiger partial charge >= 0.3 is 0 Å². The molecule has 0 fully saturated rings. The molecular formula is C24H31Cl2N3O4S. The molecule has 2 amide bonds. The number of sulfonamides is 1. The van der Waals surface area contributed by atoms with E-state index in [9.17, 15) is 18.0 Å². The summed E-state index contributed by atoms with van der Waals surface area (Å²) in [7, 11) is -3.83. The molecule has 0 aliphatic heterocycles.